The standard InChI is InChI=1S/C22H22N4O4/c1-29-13-7-12-25-17(21(27)23-16-8-3-4-9-18(16)30-2)14-15-20(25)24-19-10-5-6-11-26(19)22(15)28/h3-6,8-11,14H,7,12-13H2,1-2H3,(H,23,27). The number of pyridine rings is 1. The Labute approximate surface area is 172 Å². The molecule has 3 heterocycles. The van der Waals surface area contributed by atoms with Gasteiger partial charge in [0.1, 0.15) is 22.7 Å². The van der Waals surface area contributed by atoms with E-state index in [2.05, 4.69) is 10.3 Å². The number of hydrogen-bond acceptors (Lipinski definition) is 5. The molecule has 0 saturated carbocycles. The Kier molecular flexibility index (Phi) is 5.49. The van der Waals surface area contributed by atoms with Crippen molar-refractivity contribution < 1.29 is 14.3 Å². The molecule has 1 amide bonds. The number of amides is 1. The van der Waals surface area contributed by atoms with Gasteiger partial charge in [-0.15, -0.1) is 0 Å². The highest BCUT2D eigenvalue weighted by Crippen LogP contribution is 2.25. The quantitative estimate of drug-likeness (QED) is 0.477. The van der Waals surface area contributed by atoms with Gasteiger partial charge in [0.2, 0.25) is 0 Å². The summed E-state index contributed by atoms with van der Waals surface area (Å²) in [6, 6.07) is 14.1. The smallest absolute Gasteiger partial charge is 0.272 e. The van der Waals surface area contributed by atoms with E-state index in [1.54, 1.807) is 55.3 Å². The van der Waals surface area contributed by atoms with Crippen molar-refractivity contribution in [2.75, 3.05) is 26.1 Å². The number of hydrogen-bond donors (Lipinski definition) is 1. The molecule has 0 aliphatic rings. The minimum atomic E-state index is -0.344. The highest BCUT2D eigenvalue weighted by atomic mass is 16.5. The molecule has 3 aromatic heterocycles. The van der Waals surface area contributed by atoms with Crippen LogP contribution in [0.2, 0.25) is 0 Å². The topological polar surface area (TPSA) is 86.9 Å². The second-order valence-electron chi connectivity index (χ2n) is 6.77. The van der Waals surface area contributed by atoms with E-state index in [0.29, 0.717) is 53.4 Å². The molecule has 1 aromatic carbocycles. The van der Waals surface area contributed by atoms with Gasteiger partial charge in [0.25, 0.3) is 11.5 Å². The maximum absolute atomic E-state index is 13.2. The van der Waals surface area contributed by atoms with E-state index in [4.69, 9.17) is 9.47 Å². The fourth-order valence-electron chi connectivity index (χ4n) is 3.47. The van der Waals surface area contributed by atoms with Crippen LogP contribution in [-0.4, -0.2) is 40.7 Å². The third-order valence-electron chi connectivity index (χ3n) is 4.89. The van der Waals surface area contributed by atoms with E-state index in [1.165, 1.54) is 4.40 Å². The molecule has 0 aliphatic carbocycles. The first kappa shape index (κ1) is 19.7. The maximum atomic E-state index is 13.2. The zero-order valence-corrected chi connectivity index (χ0v) is 16.8. The molecule has 8 nitrogen and oxygen atoms in total. The summed E-state index contributed by atoms with van der Waals surface area (Å²) in [4.78, 5) is 30.8. The van der Waals surface area contributed by atoms with E-state index < -0.39 is 0 Å². The molecule has 0 atom stereocenters. The molecule has 4 aromatic rings. The molecule has 0 unspecified atom stereocenters. The minimum Gasteiger partial charge on any atom is -0.495 e. The third-order valence-corrected chi connectivity index (χ3v) is 4.89. The van der Waals surface area contributed by atoms with Crippen LogP contribution in [0, 0.1) is 0 Å². The molecule has 154 valence electrons. The SMILES string of the molecule is COCCCn1c(C(=O)Nc2ccccc2OC)cc2c(=O)n3ccccc3nc21. The van der Waals surface area contributed by atoms with Gasteiger partial charge in [0.05, 0.1) is 18.2 Å². The zero-order chi connectivity index (χ0) is 21.1. The van der Waals surface area contributed by atoms with Crippen molar-refractivity contribution in [1.29, 1.82) is 0 Å². The molecule has 8 heteroatoms. The van der Waals surface area contributed by atoms with Gasteiger partial charge in [-0.3, -0.25) is 14.0 Å². The monoisotopic (exact) mass is 406 g/mol. The second-order valence-corrected chi connectivity index (χ2v) is 6.77. The van der Waals surface area contributed by atoms with Crippen LogP contribution in [0.4, 0.5) is 5.69 Å². The van der Waals surface area contributed by atoms with Crippen LogP contribution in [0.15, 0.2) is 59.5 Å². The molecule has 4 rings (SSSR count). The molecular formula is C22H22N4O4. The molecule has 0 spiro atoms. The van der Waals surface area contributed by atoms with Crippen molar-refractivity contribution in [2.24, 2.45) is 0 Å². The van der Waals surface area contributed by atoms with E-state index in [9.17, 15) is 9.59 Å². The summed E-state index contributed by atoms with van der Waals surface area (Å²) in [6.45, 7) is 1.02. The van der Waals surface area contributed by atoms with E-state index in [1.807, 2.05) is 18.2 Å². The van der Waals surface area contributed by atoms with Crippen LogP contribution in [-0.2, 0) is 11.3 Å². The normalized spacial score (nSPS) is 11.1. The Morgan fingerprint density at radius 1 is 1.13 bits per heavy atom. The summed E-state index contributed by atoms with van der Waals surface area (Å²) in [5, 5.41) is 3.27. The summed E-state index contributed by atoms with van der Waals surface area (Å²) in [5.74, 6) is 0.209. The van der Waals surface area contributed by atoms with Gasteiger partial charge < -0.3 is 19.4 Å². The Balaban J connectivity index is 1.83. The lowest BCUT2D eigenvalue weighted by atomic mass is 10.2. The van der Waals surface area contributed by atoms with Crippen molar-refractivity contribution in [3.8, 4) is 5.75 Å². The van der Waals surface area contributed by atoms with Crippen LogP contribution in [0.1, 0.15) is 16.9 Å². The van der Waals surface area contributed by atoms with Crippen molar-refractivity contribution in [2.45, 2.75) is 13.0 Å². The molecular weight excluding hydrogens is 384 g/mol. The molecule has 0 saturated heterocycles. The average Bonchev–Trinajstić information content (AvgIpc) is 3.13. The highest BCUT2D eigenvalue weighted by molar-refractivity contribution is 6.06. The Hall–Kier alpha value is -3.65. The van der Waals surface area contributed by atoms with Crippen molar-refractivity contribution in [3.05, 3.63) is 70.8 Å². The van der Waals surface area contributed by atoms with Gasteiger partial charge in [-0.25, -0.2) is 4.98 Å². The zero-order valence-electron chi connectivity index (χ0n) is 16.8. The van der Waals surface area contributed by atoms with E-state index in [-0.39, 0.29) is 11.5 Å². The summed E-state index contributed by atoms with van der Waals surface area (Å²) in [5.41, 5.74) is 1.69. The molecule has 30 heavy (non-hydrogen) atoms. The molecule has 0 fully saturated rings. The molecule has 0 bridgehead atoms. The lowest BCUT2D eigenvalue weighted by Crippen LogP contribution is -2.18. The van der Waals surface area contributed by atoms with Gasteiger partial charge in [0, 0.05) is 26.5 Å². The fourth-order valence-corrected chi connectivity index (χ4v) is 3.47. The van der Waals surface area contributed by atoms with Crippen LogP contribution in [0.3, 0.4) is 0 Å². The summed E-state index contributed by atoms with van der Waals surface area (Å²) in [7, 11) is 3.17. The number of nitrogens with one attached hydrogen (secondary N) is 1. The Bertz CT molecular complexity index is 1280. The number of fused-ring (bicyclic) bond motifs is 2. The summed E-state index contributed by atoms with van der Waals surface area (Å²) < 4.78 is 13.7. The lowest BCUT2D eigenvalue weighted by molar-refractivity contribution is 0.101. The maximum Gasteiger partial charge on any atom is 0.272 e. The predicted molar refractivity (Wildman–Crippen MR) is 114 cm³/mol. The van der Waals surface area contributed by atoms with Crippen molar-refractivity contribution in [3.63, 3.8) is 0 Å². The Morgan fingerprint density at radius 2 is 1.93 bits per heavy atom. The number of carbonyl (C=O) groups excluding carboxylic acids is 1. The largest absolute Gasteiger partial charge is 0.495 e. The second kappa shape index (κ2) is 8.38. The number of methoxy groups -OCH3 is 2. The average molecular weight is 406 g/mol. The first-order chi connectivity index (χ1) is 14.6. The van der Waals surface area contributed by atoms with Gasteiger partial charge in [-0.2, -0.15) is 0 Å². The van der Waals surface area contributed by atoms with Crippen LogP contribution >= 0.6 is 0 Å². The number of benzene rings is 1. The number of rotatable bonds is 7. The van der Waals surface area contributed by atoms with Crippen LogP contribution in [0.5, 0.6) is 5.75 Å². The predicted octanol–water partition coefficient (Wildman–Crippen LogP) is 2.95. The third kappa shape index (κ3) is 3.53. The highest BCUT2D eigenvalue weighted by Gasteiger charge is 2.20. The number of nitrogens with zero attached hydrogens (tertiary/aromatic N) is 3. The lowest BCUT2D eigenvalue weighted by Gasteiger charge is -2.12. The fraction of sp³-hybridized carbons (Fsp3) is 0.227. The first-order valence-corrected chi connectivity index (χ1v) is 9.58. The molecule has 0 aliphatic heterocycles. The van der Waals surface area contributed by atoms with Gasteiger partial charge >= 0.3 is 0 Å². The van der Waals surface area contributed by atoms with Crippen LogP contribution < -0.4 is 15.6 Å². The van der Waals surface area contributed by atoms with Crippen molar-refractivity contribution in [1.82, 2.24) is 14.0 Å². The van der Waals surface area contributed by atoms with Gasteiger partial charge in [-0.1, -0.05) is 18.2 Å². The van der Waals surface area contributed by atoms with Crippen molar-refractivity contribution >= 4 is 28.3 Å². The van der Waals surface area contributed by atoms with Gasteiger partial charge in [-0.05, 0) is 36.8 Å². The number of para-hydroxylation sites is 2. The molecule has 0 radical (unpaired) electrons. The van der Waals surface area contributed by atoms with E-state index >= 15 is 0 Å². The Morgan fingerprint density at radius 3 is 2.73 bits per heavy atom. The number of aryl methyl sites for hydroxylation is 1. The number of anilines is 1. The first-order valence-electron chi connectivity index (χ1n) is 9.58. The van der Waals surface area contributed by atoms with Gasteiger partial charge in [0.15, 0.2) is 0 Å². The number of ether oxygens (including phenoxy) is 2. The number of carbonyl (C=O) groups is 1. The summed E-state index contributed by atoms with van der Waals surface area (Å²) in [6.07, 6.45) is 2.34. The minimum absolute atomic E-state index is 0.215. The molecule has 1 N–H and O–H groups in total. The van der Waals surface area contributed by atoms with E-state index in [0.717, 1.165) is 0 Å². The summed E-state index contributed by atoms with van der Waals surface area (Å²) >= 11 is 0. The number of aromatic nitrogens is 3. The van der Waals surface area contributed by atoms with Crippen LogP contribution in [0.25, 0.3) is 16.7 Å².